The molecule has 5 nitrogen and oxygen atoms in total. The molecule has 0 aliphatic heterocycles. The number of thioether (sulfide) groups is 1. The average Bonchev–Trinajstić information content (AvgIpc) is 2.39. The topological polar surface area (TPSA) is 81.4 Å². The van der Waals surface area contributed by atoms with Gasteiger partial charge in [0.15, 0.2) is 0 Å². The van der Waals surface area contributed by atoms with E-state index in [4.69, 9.17) is 5.73 Å². The molecular formula is C12H13F3N2O3S. The Morgan fingerprint density at radius 1 is 1.33 bits per heavy atom. The van der Waals surface area contributed by atoms with Crippen LogP contribution < -0.4 is 11.1 Å². The van der Waals surface area contributed by atoms with Crippen LogP contribution in [0.15, 0.2) is 18.2 Å². The number of ether oxygens (including phenoxy) is 1. The van der Waals surface area contributed by atoms with Crippen LogP contribution in [0, 0.1) is 0 Å². The first-order chi connectivity index (χ1) is 9.74. The van der Waals surface area contributed by atoms with Crippen molar-refractivity contribution in [3.05, 3.63) is 23.8 Å². The number of rotatable bonds is 5. The summed E-state index contributed by atoms with van der Waals surface area (Å²) in [4.78, 5) is 22.4. The number of alkyl halides is 3. The fourth-order valence-electron chi connectivity index (χ4n) is 1.33. The number of nitrogens with two attached hydrogens (primary N) is 1. The number of amides is 1. The fraction of sp³-hybridized carbons (Fsp3) is 0.333. The smallest absolute Gasteiger partial charge is 0.416 e. The summed E-state index contributed by atoms with van der Waals surface area (Å²) in [7, 11) is 1.23. The van der Waals surface area contributed by atoms with Crippen molar-refractivity contribution in [3.8, 4) is 0 Å². The van der Waals surface area contributed by atoms with Crippen molar-refractivity contribution in [2.45, 2.75) is 6.18 Å². The van der Waals surface area contributed by atoms with E-state index in [1.165, 1.54) is 7.11 Å². The van der Waals surface area contributed by atoms with Gasteiger partial charge < -0.3 is 15.8 Å². The highest BCUT2D eigenvalue weighted by Gasteiger charge is 2.30. The summed E-state index contributed by atoms with van der Waals surface area (Å²) in [6.07, 6.45) is -4.49. The molecule has 21 heavy (non-hydrogen) atoms. The number of carbonyl (C=O) groups is 2. The summed E-state index contributed by atoms with van der Waals surface area (Å²) in [6.45, 7) is 0. The normalized spacial score (nSPS) is 11.0. The highest BCUT2D eigenvalue weighted by molar-refractivity contribution is 8.00. The number of halogens is 3. The number of esters is 1. The van der Waals surface area contributed by atoms with E-state index in [9.17, 15) is 22.8 Å². The third-order valence-electron chi connectivity index (χ3n) is 2.33. The van der Waals surface area contributed by atoms with Crippen molar-refractivity contribution in [1.82, 2.24) is 0 Å². The molecule has 0 aliphatic rings. The van der Waals surface area contributed by atoms with Gasteiger partial charge in [0.2, 0.25) is 5.91 Å². The van der Waals surface area contributed by atoms with Gasteiger partial charge in [0.1, 0.15) is 0 Å². The molecule has 0 aromatic heterocycles. The maximum atomic E-state index is 12.4. The highest BCUT2D eigenvalue weighted by Crippen LogP contribution is 2.32. The van der Waals surface area contributed by atoms with Gasteiger partial charge in [-0.2, -0.15) is 13.2 Å². The van der Waals surface area contributed by atoms with Gasteiger partial charge in [-0.15, -0.1) is 11.8 Å². The minimum Gasteiger partial charge on any atom is -0.468 e. The molecule has 1 amide bonds. The lowest BCUT2D eigenvalue weighted by Crippen LogP contribution is -2.17. The van der Waals surface area contributed by atoms with Crippen LogP contribution >= 0.6 is 11.8 Å². The molecule has 0 saturated carbocycles. The quantitative estimate of drug-likeness (QED) is 0.641. The maximum absolute atomic E-state index is 12.4. The zero-order chi connectivity index (χ0) is 16.0. The van der Waals surface area contributed by atoms with E-state index >= 15 is 0 Å². The largest absolute Gasteiger partial charge is 0.468 e. The molecule has 116 valence electrons. The Labute approximate surface area is 123 Å². The Morgan fingerprint density at radius 2 is 2.00 bits per heavy atom. The summed E-state index contributed by atoms with van der Waals surface area (Å²) in [6, 6.07) is 2.66. The molecule has 1 aromatic carbocycles. The predicted octanol–water partition coefficient (Wildman–Crippen LogP) is 2.13. The Balaban J connectivity index is 2.59. The van der Waals surface area contributed by atoms with Gasteiger partial charge >= 0.3 is 12.1 Å². The van der Waals surface area contributed by atoms with Gasteiger partial charge in [-0.3, -0.25) is 9.59 Å². The van der Waals surface area contributed by atoms with Gasteiger partial charge in [-0.05, 0) is 18.2 Å². The molecule has 1 aromatic rings. The maximum Gasteiger partial charge on any atom is 0.416 e. The molecule has 0 aliphatic carbocycles. The van der Waals surface area contributed by atoms with Crippen molar-refractivity contribution < 1.29 is 27.5 Å². The Morgan fingerprint density at radius 3 is 2.52 bits per heavy atom. The number of hydrogen-bond acceptors (Lipinski definition) is 5. The molecule has 9 heteroatoms. The van der Waals surface area contributed by atoms with E-state index in [2.05, 4.69) is 10.1 Å². The molecule has 0 fully saturated rings. The minimum absolute atomic E-state index is 0.00636. The summed E-state index contributed by atoms with van der Waals surface area (Å²) < 4.78 is 41.7. The number of anilines is 2. The Bertz CT molecular complexity index is 535. The number of methoxy groups -OCH3 is 1. The predicted molar refractivity (Wildman–Crippen MR) is 73.8 cm³/mol. The SMILES string of the molecule is COC(=O)CSCC(=O)Nc1ccc(C(F)(F)F)cc1N. The summed E-state index contributed by atoms with van der Waals surface area (Å²) in [5.74, 6) is -0.987. The van der Waals surface area contributed by atoms with E-state index < -0.39 is 23.6 Å². The van der Waals surface area contributed by atoms with Gasteiger partial charge in [-0.25, -0.2) is 0 Å². The van der Waals surface area contributed by atoms with Crippen LogP contribution in [0.3, 0.4) is 0 Å². The Hall–Kier alpha value is -1.90. The van der Waals surface area contributed by atoms with E-state index in [-0.39, 0.29) is 22.9 Å². The molecule has 0 unspecified atom stereocenters. The molecule has 0 heterocycles. The first-order valence-corrected chi connectivity index (χ1v) is 6.80. The number of nitrogen functional groups attached to an aromatic ring is 1. The number of benzene rings is 1. The van der Waals surface area contributed by atoms with Crippen molar-refractivity contribution in [2.75, 3.05) is 29.7 Å². The van der Waals surface area contributed by atoms with Crippen molar-refractivity contribution in [3.63, 3.8) is 0 Å². The number of carbonyl (C=O) groups excluding carboxylic acids is 2. The zero-order valence-corrected chi connectivity index (χ0v) is 11.8. The lowest BCUT2D eigenvalue weighted by atomic mass is 10.1. The van der Waals surface area contributed by atoms with E-state index in [0.717, 1.165) is 30.0 Å². The average molecular weight is 322 g/mol. The van der Waals surface area contributed by atoms with Gasteiger partial charge in [0.25, 0.3) is 0 Å². The van der Waals surface area contributed by atoms with E-state index in [1.54, 1.807) is 0 Å². The highest BCUT2D eigenvalue weighted by atomic mass is 32.2. The van der Waals surface area contributed by atoms with Gasteiger partial charge in [-0.1, -0.05) is 0 Å². The molecule has 0 spiro atoms. The molecule has 3 N–H and O–H groups in total. The summed E-state index contributed by atoms with van der Waals surface area (Å²) in [5, 5.41) is 2.38. The van der Waals surface area contributed by atoms with E-state index in [0.29, 0.717) is 0 Å². The molecule has 0 bridgehead atoms. The lowest BCUT2D eigenvalue weighted by molar-refractivity contribution is -0.138. The lowest BCUT2D eigenvalue weighted by Gasteiger charge is -2.11. The number of hydrogen-bond donors (Lipinski definition) is 2. The Kier molecular flexibility index (Phi) is 5.89. The molecule has 1 rings (SSSR count). The van der Waals surface area contributed by atoms with Gasteiger partial charge in [0.05, 0.1) is 35.6 Å². The van der Waals surface area contributed by atoms with Crippen LogP contribution in [0.5, 0.6) is 0 Å². The minimum atomic E-state index is -4.49. The first-order valence-electron chi connectivity index (χ1n) is 5.65. The summed E-state index contributed by atoms with van der Waals surface area (Å²) >= 11 is 1.02. The molecule has 0 atom stereocenters. The molecule has 0 saturated heterocycles. The zero-order valence-electron chi connectivity index (χ0n) is 11.0. The van der Waals surface area contributed by atoms with Crippen LogP contribution in [0.4, 0.5) is 24.5 Å². The molecule has 0 radical (unpaired) electrons. The standard InChI is InChI=1S/C12H13F3N2O3S/c1-20-11(19)6-21-5-10(18)17-9-3-2-7(4-8(9)16)12(13,14)15/h2-4H,5-6,16H2,1H3,(H,17,18). The molecular weight excluding hydrogens is 309 g/mol. The third-order valence-corrected chi connectivity index (χ3v) is 3.24. The third kappa shape index (κ3) is 5.54. The van der Waals surface area contributed by atoms with Crippen molar-refractivity contribution >= 4 is 35.0 Å². The van der Waals surface area contributed by atoms with Crippen LogP contribution in [0.25, 0.3) is 0 Å². The van der Waals surface area contributed by atoms with Crippen molar-refractivity contribution in [1.29, 1.82) is 0 Å². The van der Waals surface area contributed by atoms with E-state index in [1.807, 2.05) is 0 Å². The summed E-state index contributed by atoms with van der Waals surface area (Å²) in [5.41, 5.74) is 4.48. The van der Waals surface area contributed by atoms with Crippen LogP contribution in [-0.4, -0.2) is 30.5 Å². The first kappa shape index (κ1) is 17.2. The second kappa shape index (κ2) is 7.21. The van der Waals surface area contributed by atoms with Crippen molar-refractivity contribution in [2.24, 2.45) is 0 Å². The van der Waals surface area contributed by atoms with Crippen LogP contribution in [-0.2, 0) is 20.5 Å². The van der Waals surface area contributed by atoms with Crippen LogP contribution in [0.1, 0.15) is 5.56 Å². The fourth-order valence-corrected chi connectivity index (χ4v) is 1.97. The second-order valence-electron chi connectivity index (χ2n) is 3.92. The number of nitrogens with one attached hydrogen (secondary N) is 1. The van der Waals surface area contributed by atoms with Crippen LogP contribution in [0.2, 0.25) is 0 Å². The second-order valence-corrected chi connectivity index (χ2v) is 4.90. The van der Waals surface area contributed by atoms with Gasteiger partial charge in [0, 0.05) is 0 Å². The monoisotopic (exact) mass is 322 g/mol.